The average Bonchev–Trinajstić information content (AvgIpc) is 3.00. The number of fused-ring (bicyclic) bond motifs is 2. The maximum absolute atomic E-state index is 12.3. The lowest BCUT2D eigenvalue weighted by Crippen LogP contribution is -2.33. The highest BCUT2D eigenvalue weighted by Gasteiger charge is 2.42. The molecule has 0 aromatic heterocycles. The van der Waals surface area contributed by atoms with Crippen molar-refractivity contribution in [2.75, 3.05) is 5.32 Å². The zero-order chi connectivity index (χ0) is 14.3. The lowest BCUT2D eigenvalue weighted by molar-refractivity contribution is -0.120. The highest BCUT2D eigenvalue weighted by Crippen LogP contribution is 2.34. The van der Waals surface area contributed by atoms with Crippen LogP contribution in [-0.2, 0) is 4.79 Å². The van der Waals surface area contributed by atoms with Crippen LogP contribution >= 0.6 is 0 Å². The molecule has 5 heteroatoms. The van der Waals surface area contributed by atoms with Gasteiger partial charge >= 0.3 is 5.97 Å². The first kappa shape index (κ1) is 13.1. The second-order valence-electron chi connectivity index (χ2n) is 5.68. The Morgan fingerprint density at radius 3 is 2.75 bits per heavy atom. The summed E-state index contributed by atoms with van der Waals surface area (Å²) in [7, 11) is 0. The predicted octanol–water partition coefficient (Wildman–Crippen LogP) is 1.77. The Bertz CT molecular complexity index is 570. The Morgan fingerprint density at radius 1 is 1.35 bits per heavy atom. The number of nitrogens with one attached hydrogen (secondary N) is 2. The van der Waals surface area contributed by atoms with E-state index < -0.39 is 5.97 Å². The van der Waals surface area contributed by atoms with E-state index in [0.717, 1.165) is 19.3 Å². The van der Waals surface area contributed by atoms with Gasteiger partial charge < -0.3 is 15.7 Å². The van der Waals surface area contributed by atoms with Gasteiger partial charge in [-0.05, 0) is 37.8 Å². The molecule has 2 aliphatic rings. The van der Waals surface area contributed by atoms with E-state index in [4.69, 9.17) is 0 Å². The number of hydrogen-bond donors (Lipinski definition) is 3. The van der Waals surface area contributed by atoms with Crippen molar-refractivity contribution in [3.05, 3.63) is 29.3 Å². The van der Waals surface area contributed by atoms with Crippen LogP contribution < -0.4 is 10.6 Å². The van der Waals surface area contributed by atoms with Crippen LogP contribution in [0.25, 0.3) is 0 Å². The second-order valence-corrected chi connectivity index (χ2v) is 5.68. The third kappa shape index (κ3) is 2.18. The van der Waals surface area contributed by atoms with Crippen molar-refractivity contribution in [2.45, 2.75) is 38.3 Å². The molecule has 0 saturated carbocycles. The van der Waals surface area contributed by atoms with E-state index in [-0.39, 0.29) is 23.4 Å². The first-order chi connectivity index (χ1) is 9.56. The van der Waals surface area contributed by atoms with Gasteiger partial charge in [-0.1, -0.05) is 12.1 Å². The third-order valence-electron chi connectivity index (χ3n) is 4.38. The van der Waals surface area contributed by atoms with Gasteiger partial charge in [0.1, 0.15) is 0 Å². The summed E-state index contributed by atoms with van der Waals surface area (Å²) in [6.07, 6.45) is 3.02. The summed E-state index contributed by atoms with van der Waals surface area (Å²) in [5.41, 5.74) is 1.23. The standard InChI is InChI=1S/C15H18N2O3/c1-8-3-2-4-12(13(8)15(19)20)17-14(18)10-7-9-5-6-11(10)16-9/h2-4,9-11,16H,5-7H2,1H3,(H,17,18)(H,19,20). The van der Waals surface area contributed by atoms with E-state index in [1.165, 1.54) is 0 Å². The van der Waals surface area contributed by atoms with E-state index in [1.54, 1.807) is 25.1 Å². The predicted molar refractivity (Wildman–Crippen MR) is 74.8 cm³/mol. The molecule has 0 radical (unpaired) electrons. The summed E-state index contributed by atoms with van der Waals surface area (Å²) in [5.74, 6) is -1.13. The highest BCUT2D eigenvalue weighted by atomic mass is 16.4. The van der Waals surface area contributed by atoms with E-state index in [2.05, 4.69) is 10.6 Å². The highest BCUT2D eigenvalue weighted by molar-refractivity contribution is 6.02. The van der Waals surface area contributed by atoms with Crippen LogP contribution in [0.3, 0.4) is 0 Å². The Balaban J connectivity index is 1.80. The van der Waals surface area contributed by atoms with Gasteiger partial charge in [0.2, 0.25) is 5.91 Å². The van der Waals surface area contributed by atoms with Crippen molar-refractivity contribution in [1.82, 2.24) is 5.32 Å². The van der Waals surface area contributed by atoms with Crippen LogP contribution in [-0.4, -0.2) is 29.1 Å². The molecule has 2 fully saturated rings. The molecule has 3 rings (SSSR count). The summed E-state index contributed by atoms with van der Waals surface area (Å²) in [5, 5.41) is 15.5. The first-order valence-electron chi connectivity index (χ1n) is 6.96. The van der Waals surface area contributed by atoms with Crippen LogP contribution in [0.15, 0.2) is 18.2 Å². The molecule has 2 saturated heterocycles. The number of amides is 1. The Kier molecular flexibility index (Phi) is 3.22. The first-order valence-corrected chi connectivity index (χ1v) is 6.96. The fraction of sp³-hybridized carbons (Fsp3) is 0.467. The van der Waals surface area contributed by atoms with Gasteiger partial charge in [0, 0.05) is 12.1 Å². The summed E-state index contributed by atoms with van der Waals surface area (Å²) in [4.78, 5) is 23.7. The minimum atomic E-state index is -1.01. The molecule has 1 aromatic carbocycles. The average molecular weight is 274 g/mol. The maximum atomic E-state index is 12.3. The molecule has 20 heavy (non-hydrogen) atoms. The van der Waals surface area contributed by atoms with Crippen molar-refractivity contribution in [1.29, 1.82) is 0 Å². The molecular formula is C15H18N2O3. The van der Waals surface area contributed by atoms with Crippen molar-refractivity contribution < 1.29 is 14.7 Å². The fourth-order valence-electron chi connectivity index (χ4n) is 3.40. The number of anilines is 1. The van der Waals surface area contributed by atoms with Crippen molar-refractivity contribution in [3.63, 3.8) is 0 Å². The smallest absolute Gasteiger partial charge is 0.338 e. The second kappa shape index (κ2) is 4.90. The van der Waals surface area contributed by atoms with Gasteiger partial charge in [-0.25, -0.2) is 4.79 Å². The summed E-state index contributed by atoms with van der Waals surface area (Å²) in [6.45, 7) is 1.73. The van der Waals surface area contributed by atoms with Crippen molar-refractivity contribution in [2.24, 2.45) is 5.92 Å². The molecule has 106 valence electrons. The monoisotopic (exact) mass is 274 g/mol. The molecule has 0 aliphatic carbocycles. The minimum Gasteiger partial charge on any atom is -0.478 e. The van der Waals surface area contributed by atoms with E-state index in [9.17, 15) is 14.7 Å². The fourth-order valence-corrected chi connectivity index (χ4v) is 3.40. The topological polar surface area (TPSA) is 78.4 Å². The van der Waals surface area contributed by atoms with Gasteiger partial charge in [0.25, 0.3) is 0 Å². The van der Waals surface area contributed by atoms with Gasteiger partial charge in [0.05, 0.1) is 17.2 Å². The van der Waals surface area contributed by atoms with Crippen molar-refractivity contribution in [3.8, 4) is 0 Å². The number of aromatic carboxylic acids is 1. The number of carboxylic acid groups (broad SMARTS) is 1. The molecule has 2 aliphatic heterocycles. The lowest BCUT2D eigenvalue weighted by atomic mass is 9.88. The van der Waals surface area contributed by atoms with E-state index in [1.807, 2.05) is 0 Å². The molecule has 3 unspecified atom stereocenters. The molecular weight excluding hydrogens is 256 g/mol. The Morgan fingerprint density at radius 2 is 2.15 bits per heavy atom. The normalized spacial score (nSPS) is 27.6. The van der Waals surface area contributed by atoms with Crippen LogP contribution in [0.2, 0.25) is 0 Å². The number of rotatable bonds is 3. The Labute approximate surface area is 117 Å². The van der Waals surface area contributed by atoms with Gasteiger partial charge in [-0.2, -0.15) is 0 Å². The van der Waals surface area contributed by atoms with Crippen LogP contribution in [0, 0.1) is 12.8 Å². The van der Waals surface area contributed by atoms with Crippen molar-refractivity contribution >= 4 is 17.6 Å². The molecule has 3 atom stereocenters. The number of carbonyl (C=O) groups excluding carboxylic acids is 1. The Hall–Kier alpha value is -1.88. The van der Waals surface area contributed by atoms with Gasteiger partial charge in [-0.15, -0.1) is 0 Å². The molecule has 2 heterocycles. The SMILES string of the molecule is Cc1cccc(NC(=O)C2CC3CCC2N3)c1C(=O)O. The van der Waals surface area contributed by atoms with Crippen LogP contribution in [0.4, 0.5) is 5.69 Å². The molecule has 1 aromatic rings. The lowest BCUT2D eigenvalue weighted by Gasteiger charge is -2.20. The zero-order valence-electron chi connectivity index (χ0n) is 11.3. The summed E-state index contributed by atoms with van der Waals surface area (Å²) in [6, 6.07) is 5.84. The quantitative estimate of drug-likeness (QED) is 0.785. The molecule has 0 spiro atoms. The molecule has 2 bridgehead atoms. The summed E-state index contributed by atoms with van der Waals surface area (Å²) >= 11 is 0. The van der Waals surface area contributed by atoms with Crippen LogP contribution in [0.1, 0.15) is 35.2 Å². The largest absolute Gasteiger partial charge is 0.478 e. The number of aryl methyl sites for hydroxylation is 1. The third-order valence-corrected chi connectivity index (χ3v) is 4.38. The zero-order valence-corrected chi connectivity index (χ0v) is 11.3. The number of benzene rings is 1. The van der Waals surface area contributed by atoms with Gasteiger partial charge in [-0.3, -0.25) is 4.79 Å². The van der Waals surface area contributed by atoms with Gasteiger partial charge in [0.15, 0.2) is 0 Å². The maximum Gasteiger partial charge on any atom is 0.338 e. The molecule has 1 amide bonds. The number of carbonyl (C=O) groups is 2. The number of carboxylic acids is 1. The molecule has 5 nitrogen and oxygen atoms in total. The minimum absolute atomic E-state index is 0.0455. The summed E-state index contributed by atoms with van der Waals surface area (Å²) < 4.78 is 0. The van der Waals surface area contributed by atoms with E-state index >= 15 is 0 Å². The molecule has 3 N–H and O–H groups in total. The van der Waals surface area contributed by atoms with Crippen LogP contribution in [0.5, 0.6) is 0 Å². The number of hydrogen-bond acceptors (Lipinski definition) is 3. The van der Waals surface area contributed by atoms with E-state index in [0.29, 0.717) is 17.3 Å².